The van der Waals surface area contributed by atoms with Crippen LogP contribution in [0.2, 0.25) is 0 Å². The van der Waals surface area contributed by atoms with Gasteiger partial charge in [-0.1, -0.05) is 0 Å². The number of piperidine rings is 1. The van der Waals surface area contributed by atoms with Crippen molar-refractivity contribution in [2.24, 2.45) is 7.05 Å². The molecule has 0 amide bonds. The molecule has 1 saturated heterocycles. The third-order valence-corrected chi connectivity index (χ3v) is 5.31. The Bertz CT molecular complexity index is 1200. The normalized spacial score (nSPS) is 14.5. The van der Waals surface area contributed by atoms with E-state index >= 15 is 0 Å². The smallest absolute Gasteiger partial charge is 0.154 e. The standard InChI is InChI=1S/C20H20FN7.2ClH/c1-11-7-15(23-17-10-28(2)27-18(11)17)13-8-14(21)19-16(9-13)25-26-20(24-19)12-3-5-22-6-4-12;;/h7-10,12,22H,3-6H2,1-2H3;2*1H. The Labute approximate surface area is 185 Å². The van der Waals surface area contributed by atoms with E-state index in [4.69, 9.17) is 0 Å². The highest BCUT2D eigenvalue weighted by molar-refractivity contribution is 5.86. The Hall–Kier alpha value is -2.42. The van der Waals surface area contributed by atoms with Gasteiger partial charge in [0.2, 0.25) is 0 Å². The van der Waals surface area contributed by atoms with E-state index in [9.17, 15) is 4.39 Å². The fourth-order valence-electron chi connectivity index (χ4n) is 3.84. The molecule has 0 aliphatic carbocycles. The summed E-state index contributed by atoms with van der Waals surface area (Å²) in [4.78, 5) is 9.13. The fraction of sp³-hybridized carbons (Fsp3) is 0.350. The van der Waals surface area contributed by atoms with Gasteiger partial charge in [0.25, 0.3) is 0 Å². The van der Waals surface area contributed by atoms with Crippen molar-refractivity contribution in [1.82, 2.24) is 35.3 Å². The summed E-state index contributed by atoms with van der Waals surface area (Å²) in [5.74, 6) is 0.462. The molecule has 1 fully saturated rings. The van der Waals surface area contributed by atoms with Gasteiger partial charge in [-0.15, -0.1) is 35.0 Å². The van der Waals surface area contributed by atoms with Crippen LogP contribution >= 0.6 is 24.8 Å². The van der Waals surface area contributed by atoms with Crippen LogP contribution in [0.1, 0.15) is 30.1 Å². The van der Waals surface area contributed by atoms with Gasteiger partial charge < -0.3 is 5.32 Å². The van der Waals surface area contributed by atoms with Gasteiger partial charge in [-0.25, -0.2) is 14.4 Å². The van der Waals surface area contributed by atoms with Gasteiger partial charge in [-0.2, -0.15) is 5.10 Å². The topological polar surface area (TPSA) is 81.4 Å². The predicted octanol–water partition coefficient (Wildman–Crippen LogP) is 3.73. The SMILES string of the molecule is Cc1cc(-c2cc(F)c3nc(C4CCNCC4)nnc3c2)nc2cn(C)nc12.Cl.Cl. The first-order chi connectivity index (χ1) is 13.6. The number of halogens is 3. The highest BCUT2D eigenvalue weighted by Crippen LogP contribution is 2.28. The molecule has 1 aliphatic heterocycles. The number of nitrogens with zero attached hydrogens (tertiary/aromatic N) is 6. The lowest BCUT2D eigenvalue weighted by Crippen LogP contribution is -2.27. The molecule has 0 atom stereocenters. The van der Waals surface area contributed by atoms with Gasteiger partial charge in [-0.3, -0.25) is 4.68 Å². The highest BCUT2D eigenvalue weighted by atomic mass is 35.5. The molecule has 158 valence electrons. The summed E-state index contributed by atoms with van der Waals surface area (Å²) < 4.78 is 16.6. The van der Waals surface area contributed by atoms with Gasteiger partial charge in [0, 0.05) is 18.5 Å². The van der Waals surface area contributed by atoms with Gasteiger partial charge in [0.1, 0.15) is 22.1 Å². The molecule has 0 bridgehead atoms. The van der Waals surface area contributed by atoms with Crippen molar-refractivity contribution in [2.75, 3.05) is 13.1 Å². The van der Waals surface area contributed by atoms with E-state index in [1.807, 2.05) is 26.2 Å². The molecule has 3 aromatic heterocycles. The molecule has 1 aromatic carbocycles. The lowest BCUT2D eigenvalue weighted by atomic mass is 9.97. The summed E-state index contributed by atoms with van der Waals surface area (Å²) in [5.41, 5.74) is 4.67. The summed E-state index contributed by atoms with van der Waals surface area (Å²) in [6, 6.07) is 5.20. The number of hydrogen-bond acceptors (Lipinski definition) is 6. The number of rotatable bonds is 2. The molecule has 1 N–H and O–H groups in total. The first-order valence-electron chi connectivity index (χ1n) is 9.44. The maximum Gasteiger partial charge on any atom is 0.154 e. The predicted molar refractivity (Wildman–Crippen MR) is 119 cm³/mol. The second-order valence-corrected chi connectivity index (χ2v) is 7.38. The maximum absolute atomic E-state index is 14.9. The Morgan fingerprint density at radius 1 is 1.00 bits per heavy atom. The third-order valence-electron chi connectivity index (χ3n) is 5.31. The van der Waals surface area contributed by atoms with Gasteiger partial charge in [-0.05, 0) is 56.6 Å². The van der Waals surface area contributed by atoms with E-state index in [2.05, 4.69) is 30.6 Å². The van der Waals surface area contributed by atoms with Crippen LogP contribution < -0.4 is 5.32 Å². The molecule has 5 rings (SSSR count). The van der Waals surface area contributed by atoms with E-state index in [1.54, 1.807) is 10.7 Å². The average Bonchev–Trinajstić information content (AvgIpc) is 3.09. The van der Waals surface area contributed by atoms with Crippen LogP contribution in [-0.2, 0) is 7.05 Å². The van der Waals surface area contributed by atoms with Crippen molar-refractivity contribution >= 4 is 46.9 Å². The molecule has 10 heteroatoms. The number of nitrogens with one attached hydrogen (secondary N) is 1. The number of aromatic nitrogens is 6. The monoisotopic (exact) mass is 449 g/mol. The van der Waals surface area contributed by atoms with Gasteiger partial charge >= 0.3 is 0 Å². The first-order valence-corrected chi connectivity index (χ1v) is 9.44. The van der Waals surface area contributed by atoms with Crippen molar-refractivity contribution in [2.45, 2.75) is 25.7 Å². The molecule has 1 aliphatic rings. The molecule has 7 nitrogen and oxygen atoms in total. The quantitative estimate of drug-likeness (QED) is 0.501. The summed E-state index contributed by atoms with van der Waals surface area (Å²) in [6.07, 6.45) is 3.75. The zero-order valence-electron chi connectivity index (χ0n) is 16.6. The van der Waals surface area contributed by atoms with Crippen molar-refractivity contribution in [3.8, 4) is 11.3 Å². The lowest BCUT2D eigenvalue weighted by molar-refractivity contribution is 0.442. The first kappa shape index (κ1) is 22.3. The fourth-order valence-corrected chi connectivity index (χ4v) is 3.84. The Morgan fingerprint density at radius 3 is 2.53 bits per heavy atom. The molecular formula is C20H22Cl2FN7. The van der Waals surface area contributed by atoms with Crippen LogP contribution in [0.3, 0.4) is 0 Å². The average molecular weight is 450 g/mol. The summed E-state index contributed by atoms with van der Waals surface area (Å²) in [5, 5.41) is 16.3. The number of aryl methyl sites for hydroxylation is 2. The highest BCUT2D eigenvalue weighted by Gasteiger charge is 2.20. The molecule has 0 unspecified atom stereocenters. The van der Waals surface area contributed by atoms with Crippen molar-refractivity contribution in [1.29, 1.82) is 0 Å². The van der Waals surface area contributed by atoms with E-state index in [-0.39, 0.29) is 36.2 Å². The van der Waals surface area contributed by atoms with Crippen LogP contribution in [0.25, 0.3) is 33.3 Å². The number of hydrogen-bond donors (Lipinski definition) is 1. The Kier molecular flexibility index (Phi) is 6.50. The Morgan fingerprint density at radius 2 is 1.77 bits per heavy atom. The summed E-state index contributed by atoms with van der Waals surface area (Å²) in [7, 11) is 1.86. The number of pyridine rings is 1. The van der Waals surface area contributed by atoms with Gasteiger partial charge in [0.15, 0.2) is 11.6 Å². The largest absolute Gasteiger partial charge is 0.317 e. The third kappa shape index (κ3) is 3.95. The van der Waals surface area contributed by atoms with Crippen LogP contribution in [0.4, 0.5) is 4.39 Å². The van der Waals surface area contributed by atoms with Crippen LogP contribution in [0.5, 0.6) is 0 Å². The molecule has 4 aromatic rings. The second-order valence-electron chi connectivity index (χ2n) is 7.38. The molecular weight excluding hydrogens is 428 g/mol. The summed E-state index contributed by atoms with van der Waals surface area (Å²) in [6.45, 7) is 3.83. The molecule has 4 heterocycles. The zero-order chi connectivity index (χ0) is 19.3. The second kappa shape index (κ2) is 8.75. The lowest BCUT2D eigenvalue weighted by Gasteiger charge is -2.20. The molecule has 0 radical (unpaired) electrons. The summed E-state index contributed by atoms with van der Waals surface area (Å²) >= 11 is 0. The molecule has 0 saturated carbocycles. The van der Waals surface area contributed by atoms with Crippen LogP contribution in [-0.4, -0.2) is 43.0 Å². The molecule has 0 spiro atoms. The zero-order valence-corrected chi connectivity index (χ0v) is 18.2. The Balaban J connectivity index is 0.00000128. The number of benzene rings is 1. The van der Waals surface area contributed by atoms with Crippen molar-refractivity contribution in [3.63, 3.8) is 0 Å². The van der Waals surface area contributed by atoms with Crippen LogP contribution in [0, 0.1) is 12.7 Å². The van der Waals surface area contributed by atoms with Crippen LogP contribution in [0.15, 0.2) is 24.4 Å². The van der Waals surface area contributed by atoms with E-state index in [0.29, 0.717) is 22.6 Å². The van der Waals surface area contributed by atoms with E-state index < -0.39 is 5.82 Å². The van der Waals surface area contributed by atoms with E-state index in [1.165, 1.54) is 6.07 Å². The van der Waals surface area contributed by atoms with E-state index in [0.717, 1.165) is 42.5 Å². The van der Waals surface area contributed by atoms with Gasteiger partial charge in [0.05, 0.1) is 11.9 Å². The minimum Gasteiger partial charge on any atom is -0.317 e. The minimum atomic E-state index is -0.400. The minimum absolute atomic E-state index is 0. The van der Waals surface area contributed by atoms with Crippen molar-refractivity contribution < 1.29 is 4.39 Å². The van der Waals surface area contributed by atoms with Crippen molar-refractivity contribution in [3.05, 3.63) is 41.6 Å². The molecule has 30 heavy (non-hydrogen) atoms. The number of fused-ring (bicyclic) bond motifs is 2. The maximum atomic E-state index is 14.9.